The van der Waals surface area contributed by atoms with E-state index >= 15 is 0 Å². The third-order valence-corrected chi connectivity index (χ3v) is 4.59. The summed E-state index contributed by atoms with van der Waals surface area (Å²) in [6.07, 6.45) is -1.31. The second-order valence-corrected chi connectivity index (χ2v) is 6.04. The molecule has 1 atom stereocenters. The smallest absolute Gasteiger partial charge is 0.133 e. The zero-order valence-electron chi connectivity index (χ0n) is 8.25. The monoisotopic (exact) mass is 382 g/mol. The Morgan fingerprint density at radius 3 is 2.24 bits per heavy atom. The van der Waals surface area contributed by atoms with Gasteiger partial charge in [-0.05, 0) is 39.5 Å². The highest BCUT2D eigenvalue weighted by Crippen LogP contribution is 2.35. The molecule has 1 aromatic heterocycles. The van der Waals surface area contributed by atoms with Crippen molar-refractivity contribution in [2.24, 2.45) is 0 Å². The third kappa shape index (κ3) is 2.59. The molecule has 2 rings (SSSR count). The predicted molar refractivity (Wildman–Crippen MR) is 70.1 cm³/mol. The van der Waals surface area contributed by atoms with Crippen LogP contribution < -0.4 is 0 Å². The first-order chi connectivity index (χ1) is 8.00. The first kappa shape index (κ1) is 13.1. The van der Waals surface area contributed by atoms with Crippen LogP contribution in [0.25, 0.3) is 0 Å². The first-order valence-corrected chi connectivity index (χ1v) is 7.02. The molecular formula is C11H6Br2F2OS. The molecule has 1 unspecified atom stereocenters. The molecule has 0 bridgehead atoms. The number of thiophene rings is 1. The summed E-state index contributed by atoms with van der Waals surface area (Å²) < 4.78 is 28.2. The topological polar surface area (TPSA) is 20.2 Å². The van der Waals surface area contributed by atoms with Crippen molar-refractivity contribution in [1.29, 1.82) is 0 Å². The lowest BCUT2D eigenvalue weighted by Gasteiger charge is -2.12. The van der Waals surface area contributed by atoms with E-state index in [1.807, 2.05) is 0 Å². The molecule has 0 fully saturated rings. The van der Waals surface area contributed by atoms with Gasteiger partial charge in [0.2, 0.25) is 0 Å². The van der Waals surface area contributed by atoms with E-state index in [4.69, 9.17) is 0 Å². The fraction of sp³-hybridized carbons (Fsp3) is 0.0909. The van der Waals surface area contributed by atoms with Crippen molar-refractivity contribution in [3.05, 3.63) is 54.6 Å². The number of rotatable bonds is 2. The summed E-state index contributed by atoms with van der Waals surface area (Å²) in [6, 6.07) is 3.98. The fourth-order valence-corrected chi connectivity index (χ4v) is 3.43. The Labute approximate surface area is 117 Å². The van der Waals surface area contributed by atoms with Crippen LogP contribution in [0.15, 0.2) is 32.5 Å². The summed E-state index contributed by atoms with van der Waals surface area (Å²) in [4.78, 5) is 0.477. The molecule has 6 heteroatoms. The molecule has 0 saturated carbocycles. The largest absolute Gasteiger partial charge is 0.383 e. The van der Waals surface area contributed by atoms with Crippen LogP contribution in [-0.2, 0) is 0 Å². The normalized spacial score (nSPS) is 12.8. The second kappa shape index (κ2) is 5.14. The van der Waals surface area contributed by atoms with Gasteiger partial charge in [-0.2, -0.15) is 0 Å². The minimum atomic E-state index is -1.31. The number of benzene rings is 1. The predicted octanol–water partition coefficient (Wildman–Crippen LogP) is 4.63. The molecule has 0 saturated heterocycles. The number of hydrogen-bond acceptors (Lipinski definition) is 2. The average Bonchev–Trinajstić information content (AvgIpc) is 2.62. The SMILES string of the molecule is OC(c1sccc1Br)c1c(F)cc(Br)cc1F. The standard InChI is InChI=1S/C11H6Br2F2OS/c12-5-3-7(14)9(8(15)4-5)10(16)11-6(13)1-2-17-11/h1-4,10,16H. The van der Waals surface area contributed by atoms with Crippen LogP contribution in [0.3, 0.4) is 0 Å². The lowest BCUT2D eigenvalue weighted by molar-refractivity contribution is 0.212. The van der Waals surface area contributed by atoms with E-state index in [0.717, 1.165) is 12.1 Å². The Morgan fingerprint density at radius 2 is 1.76 bits per heavy atom. The number of halogens is 4. The molecule has 1 heterocycles. The van der Waals surface area contributed by atoms with E-state index in [1.165, 1.54) is 11.3 Å². The summed E-state index contributed by atoms with van der Waals surface area (Å²) in [5.74, 6) is -1.55. The van der Waals surface area contributed by atoms with Gasteiger partial charge >= 0.3 is 0 Å². The quantitative estimate of drug-likeness (QED) is 0.801. The molecule has 1 aromatic carbocycles. The number of hydrogen-bond donors (Lipinski definition) is 1. The van der Waals surface area contributed by atoms with Gasteiger partial charge in [0.05, 0.1) is 10.4 Å². The summed E-state index contributed by atoms with van der Waals surface area (Å²) in [6.45, 7) is 0. The Balaban J connectivity index is 2.51. The highest BCUT2D eigenvalue weighted by atomic mass is 79.9. The highest BCUT2D eigenvalue weighted by molar-refractivity contribution is 9.10. The molecule has 0 aliphatic carbocycles. The lowest BCUT2D eigenvalue weighted by Crippen LogP contribution is -2.05. The van der Waals surface area contributed by atoms with Crippen LogP contribution in [0.1, 0.15) is 16.5 Å². The molecule has 0 spiro atoms. The van der Waals surface area contributed by atoms with Crippen LogP contribution in [0, 0.1) is 11.6 Å². The van der Waals surface area contributed by atoms with Crippen molar-refractivity contribution in [3.8, 4) is 0 Å². The first-order valence-electron chi connectivity index (χ1n) is 4.56. The molecule has 1 nitrogen and oxygen atoms in total. The maximum Gasteiger partial charge on any atom is 0.133 e. The van der Waals surface area contributed by atoms with Gasteiger partial charge in [-0.3, -0.25) is 0 Å². The fourth-order valence-electron chi connectivity index (χ4n) is 1.45. The van der Waals surface area contributed by atoms with E-state index in [2.05, 4.69) is 31.9 Å². The molecule has 17 heavy (non-hydrogen) atoms. The van der Waals surface area contributed by atoms with E-state index in [1.54, 1.807) is 11.4 Å². The van der Waals surface area contributed by atoms with Crippen molar-refractivity contribution in [2.75, 3.05) is 0 Å². The minimum absolute atomic E-state index is 0.300. The number of aliphatic hydroxyl groups is 1. The summed E-state index contributed by atoms with van der Waals surface area (Å²) in [7, 11) is 0. The van der Waals surface area contributed by atoms with Gasteiger partial charge in [-0.25, -0.2) is 8.78 Å². The lowest BCUT2D eigenvalue weighted by atomic mass is 10.1. The van der Waals surface area contributed by atoms with Crippen molar-refractivity contribution >= 4 is 43.2 Å². The molecule has 0 amide bonds. The third-order valence-electron chi connectivity index (χ3n) is 2.21. The van der Waals surface area contributed by atoms with E-state index in [-0.39, 0.29) is 5.56 Å². The molecule has 1 N–H and O–H groups in total. The highest BCUT2D eigenvalue weighted by Gasteiger charge is 2.23. The van der Waals surface area contributed by atoms with Crippen molar-refractivity contribution in [2.45, 2.75) is 6.10 Å². The van der Waals surface area contributed by atoms with E-state index in [9.17, 15) is 13.9 Å². The summed E-state index contributed by atoms with van der Waals surface area (Å²) in [5, 5.41) is 11.7. The van der Waals surface area contributed by atoms with Crippen LogP contribution in [0.5, 0.6) is 0 Å². The van der Waals surface area contributed by atoms with Gasteiger partial charge in [-0.15, -0.1) is 11.3 Å². The maximum absolute atomic E-state index is 13.6. The molecule has 0 radical (unpaired) electrons. The van der Waals surface area contributed by atoms with Gasteiger partial charge in [0.15, 0.2) is 0 Å². The van der Waals surface area contributed by atoms with Crippen LogP contribution >= 0.6 is 43.2 Å². The van der Waals surface area contributed by atoms with Crippen LogP contribution in [0.4, 0.5) is 8.78 Å². The van der Waals surface area contributed by atoms with Gasteiger partial charge in [-0.1, -0.05) is 15.9 Å². The second-order valence-electron chi connectivity index (χ2n) is 3.32. The maximum atomic E-state index is 13.6. The number of aliphatic hydroxyl groups excluding tert-OH is 1. The molecule has 0 aliphatic rings. The Bertz CT molecular complexity index is 533. The summed E-state index contributed by atoms with van der Waals surface area (Å²) in [5.41, 5.74) is -0.337. The Kier molecular flexibility index (Phi) is 3.97. The van der Waals surface area contributed by atoms with Gasteiger partial charge in [0.25, 0.3) is 0 Å². The zero-order valence-corrected chi connectivity index (χ0v) is 12.2. The van der Waals surface area contributed by atoms with Crippen molar-refractivity contribution in [3.63, 3.8) is 0 Å². The molecular weight excluding hydrogens is 378 g/mol. The Hall–Kier alpha value is -0.300. The van der Waals surface area contributed by atoms with Gasteiger partial charge in [0.1, 0.15) is 17.7 Å². The molecule has 90 valence electrons. The van der Waals surface area contributed by atoms with E-state index in [0.29, 0.717) is 13.8 Å². The Morgan fingerprint density at radius 1 is 1.18 bits per heavy atom. The zero-order chi connectivity index (χ0) is 12.6. The summed E-state index contributed by atoms with van der Waals surface area (Å²) >= 11 is 7.45. The van der Waals surface area contributed by atoms with Crippen molar-refractivity contribution in [1.82, 2.24) is 0 Å². The minimum Gasteiger partial charge on any atom is -0.383 e. The van der Waals surface area contributed by atoms with Crippen molar-refractivity contribution < 1.29 is 13.9 Å². The molecule has 0 aliphatic heterocycles. The van der Waals surface area contributed by atoms with Gasteiger partial charge in [0, 0.05) is 8.95 Å². The van der Waals surface area contributed by atoms with E-state index < -0.39 is 17.7 Å². The van der Waals surface area contributed by atoms with Crippen LogP contribution in [0.2, 0.25) is 0 Å². The van der Waals surface area contributed by atoms with Gasteiger partial charge < -0.3 is 5.11 Å². The van der Waals surface area contributed by atoms with Crippen LogP contribution in [-0.4, -0.2) is 5.11 Å². The average molecular weight is 384 g/mol. The molecule has 2 aromatic rings.